The van der Waals surface area contributed by atoms with Gasteiger partial charge >= 0.3 is 0 Å². The van der Waals surface area contributed by atoms with E-state index < -0.39 is 0 Å². The molecule has 188 valence electrons. The zero-order valence-electron chi connectivity index (χ0n) is 22.2. The SMILES string of the molecule is COc1ccc(COc2ccc3c(c2)C(=O)C(c2ccc(Br)cc2C)=C(C(C)C(C)C)C3(C)C)cc1. The van der Waals surface area contributed by atoms with E-state index in [1.165, 1.54) is 5.57 Å². The van der Waals surface area contributed by atoms with Gasteiger partial charge in [-0.2, -0.15) is 0 Å². The summed E-state index contributed by atoms with van der Waals surface area (Å²) in [6.07, 6.45) is 0. The van der Waals surface area contributed by atoms with E-state index in [0.29, 0.717) is 18.3 Å². The van der Waals surface area contributed by atoms with Gasteiger partial charge < -0.3 is 9.47 Å². The van der Waals surface area contributed by atoms with E-state index in [4.69, 9.17) is 9.47 Å². The number of methoxy groups -OCH3 is 1. The number of fused-ring (bicyclic) bond motifs is 1. The lowest BCUT2D eigenvalue weighted by atomic mass is 9.62. The summed E-state index contributed by atoms with van der Waals surface area (Å²) >= 11 is 3.58. The molecule has 1 unspecified atom stereocenters. The first-order valence-electron chi connectivity index (χ1n) is 12.5. The number of rotatable bonds is 7. The van der Waals surface area contributed by atoms with E-state index in [2.05, 4.69) is 75.7 Å². The predicted molar refractivity (Wildman–Crippen MR) is 151 cm³/mol. The molecule has 1 aliphatic rings. The summed E-state index contributed by atoms with van der Waals surface area (Å²) < 4.78 is 12.4. The lowest BCUT2D eigenvalue weighted by molar-refractivity contribution is 0.104. The first-order valence-corrected chi connectivity index (χ1v) is 13.3. The topological polar surface area (TPSA) is 35.5 Å². The van der Waals surface area contributed by atoms with E-state index in [1.54, 1.807) is 7.11 Å². The Kier molecular flexibility index (Phi) is 7.47. The molecule has 0 N–H and O–H groups in total. The van der Waals surface area contributed by atoms with Gasteiger partial charge in [0.1, 0.15) is 18.1 Å². The predicted octanol–water partition coefficient (Wildman–Crippen LogP) is 8.56. The maximum Gasteiger partial charge on any atom is 0.194 e. The van der Waals surface area contributed by atoms with Crippen LogP contribution in [0.2, 0.25) is 0 Å². The number of ether oxygens (including phenoxy) is 2. The van der Waals surface area contributed by atoms with Crippen LogP contribution in [-0.2, 0) is 12.0 Å². The van der Waals surface area contributed by atoms with Gasteiger partial charge in [0.2, 0.25) is 0 Å². The Morgan fingerprint density at radius 2 is 1.56 bits per heavy atom. The van der Waals surface area contributed by atoms with Crippen LogP contribution in [0.4, 0.5) is 0 Å². The number of carbonyl (C=O) groups is 1. The molecule has 0 aromatic heterocycles. The molecular formula is C32H35BrO3. The highest BCUT2D eigenvalue weighted by Gasteiger charge is 2.42. The summed E-state index contributed by atoms with van der Waals surface area (Å²) in [6, 6.07) is 20.0. The molecule has 3 aromatic rings. The van der Waals surface area contributed by atoms with Gasteiger partial charge in [-0.05, 0) is 83.0 Å². The maximum absolute atomic E-state index is 14.2. The van der Waals surface area contributed by atoms with E-state index in [-0.39, 0.29) is 17.1 Å². The zero-order valence-corrected chi connectivity index (χ0v) is 23.8. The van der Waals surface area contributed by atoms with Crippen LogP contribution in [0.3, 0.4) is 0 Å². The standard InChI is InChI=1S/C32H35BrO3/c1-19(2)21(4)30-29(26-14-10-23(33)16-20(26)3)31(34)27-17-25(13-15-28(27)32(30,5)6)36-18-22-8-11-24(35-7)12-9-22/h8-17,19,21H,18H2,1-7H3. The number of allylic oxidation sites excluding steroid dienone is 2. The molecule has 0 radical (unpaired) electrons. The Morgan fingerprint density at radius 3 is 2.17 bits per heavy atom. The van der Waals surface area contributed by atoms with Crippen molar-refractivity contribution in [2.45, 2.75) is 53.6 Å². The fourth-order valence-electron chi connectivity index (χ4n) is 5.25. The molecule has 0 spiro atoms. The van der Waals surface area contributed by atoms with Gasteiger partial charge in [0.15, 0.2) is 5.78 Å². The number of benzene rings is 3. The summed E-state index contributed by atoms with van der Waals surface area (Å²) in [6.45, 7) is 13.7. The first kappa shape index (κ1) is 26.2. The minimum absolute atomic E-state index is 0.0761. The van der Waals surface area contributed by atoms with Gasteiger partial charge in [0.05, 0.1) is 7.11 Å². The first-order chi connectivity index (χ1) is 17.0. The lowest BCUT2D eigenvalue weighted by Gasteiger charge is -2.41. The van der Waals surface area contributed by atoms with Gasteiger partial charge in [0.25, 0.3) is 0 Å². The fourth-order valence-corrected chi connectivity index (χ4v) is 5.73. The van der Waals surface area contributed by atoms with Gasteiger partial charge in [-0.3, -0.25) is 4.79 Å². The largest absolute Gasteiger partial charge is 0.497 e. The normalized spacial score (nSPS) is 15.6. The van der Waals surface area contributed by atoms with Crippen molar-refractivity contribution in [3.05, 3.63) is 98.5 Å². The van der Waals surface area contributed by atoms with Crippen LogP contribution in [-0.4, -0.2) is 12.9 Å². The molecule has 0 heterocycles. The monoisotopic (exact) mass is 546 g/mol. The molecule has 1 atom stereocenters. The molecule has 1 aliphatic carbocycles. The highest BCUT2D eigenvalue weighted by atomic mass is 79.9. The van der Waals surface area contributed by atoms with E-state index in [0.717, 1.165) is 43.6 Å². The van der Waals surface area contributed by atoms with Gasteiger partial charge in [-0.15, -0.1) is 0 Å². The van der Waals surface area contributed by atoms with Crippen molar-refractivity contribution in [1.29, 1.82) is 0 Å². The van der Waals surface area contributed by atoms with Crippen molar-refractivity contribution >= 4 is 27.3 Å². The molecular weight excluding hydrogens is 512 g/mol. The zero-order chi connectivity index (χ0) is 26.2. The minimum Gasteiger partial charge on any atom is -0.497 e. The fraction of sp³-hybridized carbons (Fsp3) is 0.344. The summed E-state index contributed by atoms with van der Waals surface area (Å²) in [5, 5.41) is 0. The maximum atomic E-state index is 14.2. The van der Waals surface area contributed by atoms with Gasteiger partial charge in [-0.25, -0.2) is 0 Å². The molecule has 0 bridgehead atoms. The number of hydrogen-bond acceptors (Lipinski definition) is 3. The van der Waals surface area contributed by atoms with Crippen LogP contribution in [0, 0.1) is 18.8 Å². The number of aryl methyl sites for hydroxylation is 1. The molecule has 3 aromatic carbocycles. The third-order valence-electron chi connectivity index (χ3n) is 7.56. The molecule has 0 amide bonds. The van der Waals surface area contributed by atoms with E-state index in [9.17, 15) is 4.79 Å². The number of halogens is 1. The Morgan fingerprint density at radius 1 is 0.889 bits per heavy atom. The number of hydrogen-bond donors (Lipinski definition) is 0. The Hall–Kier alpha value is -2.85. The molecule has 4 heteroatoms. The van der Waals surface area contributed by atoms with Crippen LogP contribution in [0.25, 0.3) is 5.57 Å². The van der Waals surface area contributed by atoms with Gasteiger partial charge in [0, 0.05) is 21.0 Å². The third-order valence-corrected chi connectivity index (χ3v) is 8.05. The summed E-state index contributed by atoms with van der Waals surface area (Å²) in [5.41, 5.74) is 6.68. The molecule has 0 saturated heterocycles. The van der Waals surface area contributed by atoms with Crippen molar-refractivity contribution < 1.29 is 14.3 Å². The summed E-state index contributed by atoms with van der Waals surface area (Å²) in [4.78, 5) is 14.2. The van der Waals surface area contributed by atoms with Crippen LogP contribution >= 0.6 is 15.9 Å². The molecule has 0 saturated carbocycles. The number of carbonyl (C=O) groups excluding carboxylic acids is 1. The van der Waals surface area contributed by atoms with Crippen LogP contribution in [0.5, 0.6) is 11.5 Å². The molecule has 0 aliphatic heterocycles. The summed E-state index contributed by atoms with van der Waals surface area (Å²) in [5.74, 6) is 2.25. The molecule has 36 heavy (non-hydrogen) atoms. The van der Waals surface area contributed by atoms with Crippen molar-refractivity contribution in [1.82, 2.24) is 0 Å². The second kappa shape index (κ2) is 10.3. The number of ketones is 1. The van der Waals surface area contributed by atoms with Crippen molar-refractivity contribution in [3.63, 3.8) is 0 Å². The third kappa shape index (κ3) is 4.88. The van der Waals surface area contributed by atoms with Crippen LogP contribution in [0.1, 0.15) is 67.2 Å². The molecule has 0 fully saturated rings. The average Bonchev–Trinajstić information content (AvgIpc) is 2.85. The van der Waals surface area contributed by atoms with Gasteiger partial charge in [-0.1, -0.05) is 74.8 Å². The quantitative estimate of drug-likeness (QED) is 0.297. The Bertz CT molecular complexity index is 1320. The van der Waals surface area contributed by atoms with Crippen LogP contribution in [0.15, 0.2) is 70.7 Å². The minimum atomic E-state index is -0.295. The van der Waals surface area contributed by atoms with E-state index in [1.807, 2.05) is 42.5 Å². The van der Waals surface area contributed by atoms with Crippen LogP contribution < -0.4 is 9.47 Å². The molecule has 3 nitrogen and oxygen atoms in total. The van der Waals surface area contributed by atoms with Crippen molar-refractivity contribution in [2.75, 3.05) is 7.11 Å². The highest BCUT2D eigenvalue weighted by Crippen LogP contribution is 2.49. The number of Topliss-reactive ketones (excluding diaryl/α,β-unsaturated/α-hetero) is 1. The lowest BCUT2D eigenvalue weighted by Crippen LogP contribution is -2.35. The molecule has 4 rings (SSSR count). The van der Waals surface area contributed by atoms with Crippen molar-refractivity contribution in [2.24, 2.45) is 11.8 Å². The second-order valence-electron chi connectivity index (χ2n) is 10.6. The smallest absolute Gasteiger partial charge is 0.194 e. The second-order valence-corrected chi connectivity index (χ2v) is 11.5. The summed E-state index contributed by atoms with van der Waals surface area (Å²) in [7, 11) is 1.66. The highest BCUT2D eigenvalue weighted by molar-refractivity contribution is 9.10. The Balaban J connectivity index is 1.78. The Labute approximate surface area is 223 Å². The van der Waals surface area contributed by atoms with E-state index >= 15 is 0 Å². The van der Waals surface area contributed by atoms with Crippen molar-refractivity contribution in [3.8, 4) is 11.5 Å². The average molecular weight is 548 g/mol.